The number of carboxylic acids is 1. The maximum absolute atomic E-state index is 11.3. The van der Waals surface area contributed by atoms with Crippen molar-refractivity contribution in [1.29, 1.82) is 0 Å². The number of rotatable bonds is 5. The summed E-state index contributed by atoms with van der Waals surface area (Å²) in [5, 5.41) is 9.30. The average molecular weight is 228 g/mol. The number of aliphatic carboxylic acids is 1. The third kappa shape index (κ3) is 2.97. The minimum atomic E-state index is -0.957. The third-order valence-corrected chi connectivity index (χ3v) is 3.81. The van der Waals surface area contributed by atoms with Crippen LogP contribution in [0.1, 0.15) is 59.3 Å². The summed E-state index contributed by atoms with van der Waals surface area (Å²) in [6.45, 7) is 6.00. The molecule has 1 rings (SSSR count). The van der Waals surface area contributed by atoms with E-state index in [9.17, 15) is 9.90 Å². The lowest BCUT2D eigenvalue weighted by atomic mass is 9.87. The van der Waals surface area contributed by atoms with Gasteiger partial charge in [0.25, 0.3) is 0 Å². The molecule has 1 N–H and O–H groups in total. The lowest BCUT2D eigenvalue weighted by Crippen LogP contribution is -2.44. The van der Waals surface area contributed by atoms with Gasteiger partial charge in [0.15, 0.2) is 5.60 Å². The molecular weight excluding hydrogens is 204 g/mol. The van der Waals surface area contributed by atoms with Gasteiger partial charge in [-0.25, -0.2) is 4.79 Å². The van der Waals surface area contributed by atoms with E-state index >= 15 is 0 Å². The standard InChI is InChI=1S/C13H24O3/c1-4-13(5-2,12(14)15)16-11-8-6-7-10(3)9-11/h10-11H,4-9H2,1-3H3,(H,14,15). The van der Waals surface area contributed by atoms with Gasteiger partial charge in [-0.1, -0.05) is 33.6 Å². The monoisotopic (exact) mass is 228 g/mol. The Bertz CT molecular complexity index is 233. The first-order chi connectivity index (χ1) is 7.54. The van der Waals surface area contributed by atoms with Gasteiger partial charge in [0.05, 0.1) is 6.10 Å². The van der Waals surface area contributed by atoms with Crippen LogP contribution in [0.3, 0.4) is 0 Å². The van der Waals surface area contributed by atoms with E-state index in [0.717, 1.165) is 19.3 Å². The van der Waals surface area contributed by atoms with E-state index in [4.69, 9.17) is 4.74 Å². The van der Waals surface area contributed by atoms with Gasteiger partial charge < -0.3 is 9.84 Å². The molecule has 0 radical (unpaired) electrons. The van der Waals surface area contributed by atoms with E-state index in [1.54, 1.807) is 0 Å². The molecule has 0 aromatic heterocycles. The second kappa shape index (κ2) is 5.67. The molecule has 94 valence electrons. The van der Waals surface area contributed by atoms with Crippen LogP contribution < -0.4 is 0 Å². The predicted molar refractivity (Wildman–Crippen MR) is 63.5 cm³/mol. The van der Waals surface area contributed by atoms with Crippen LogP contribution in [0.25, 0.3) is 0 Å². The van der Waals surface area contributed by atoms with Gasteiger partial charge in [-0.05, 0) is 31.6 Å². The van der Waals surface area contributed by atoms with Crippen molar-refractivity contribution < 1.29 is 14.6 Å². The highest BCUT2D eigenvalue weighted by Gasteiger charge is 2.39. The average Bonchev–Trinajstić information content (AvgIpc) is 2.25. The first kappa shape index (κ1) is 13.5. The van der Waals surface area contributed by atoms with Gasteiger partial charge in [0, 0.05) is 0 Å². The lowest BCUT2D eigenvalue weighted by molar-refractivity contribution is -0.179. The van der Waals surface area contributed by atoms with Crippen molar-refractivity contribution in [1.82, 2.24) is 0 Å². The predicted octanol–water partition coefficient (Wildman–Crippen LogP) is 3.23. The van der Waals surface area contributed by atoms with E-state index in [1.165, 1.54) is 6.42 Å². The zero-order chi connectivity index (χ0) is 12.2. The van der Waals surface area contributed by atoms with Crippen LogP contribution >= 0.6 is 0 Å². The van der Waals surface area contributed by atoms with Crippen molar-refractivity contribution in [2.75, 3.05) is 0 Å². The number of hydrogen-bond donors (Lipinski definition) is 1. The SMILES string of the molecule is CCC(CC)(OC1CCCC(C)C1)C(=O)O. The summed E-state index contributed by atoms with van der Waals surface area (Å²) < 4.78 is 5.91. The summed E-state index contributed by atoms with van der Waals surface area (Å²) in [6, 6.07) is 0. The van der Waals surface area contributed by atoms with Crippen LogP contribution in [-0.4, -0.2) is 22.8 Å². The molecule has 0 aliphatic heterocycles. The van der Waals surface area contributed by atoms with Crippen LogP contribution in [0.4, 0.5) is 0 Å². The van der Waals surface area contributed by atoms with E-state index in [-0.39, 0.29) is 6.10 Å². The fourth-order valence-electron chi connectivity index (χ4n) is 2.57. The highest BCUT2D eigenvalue weighted by atomic mass is 16.5. The molecule has 0 amide bonds. The molecule has 2 unspecified atom stereocenters. The first-order valence-corrected chi connectivity index (χ1v) is 6.45. The van der Waals surface area contributed by atoms with Gasteiger partial charge in [-0.3, -0.25) is 0 Å². The number of ether oxygens (including phenoxy) is 1. The number of carbonyl (C=O) groups is 1. The molecule has 1 aliphatic carbocycles. The highest BCUT2D eigenvalue weighted by molar-refractivity contribution is 5.77. The minimum Gasteiger partial charge on any atom is -0.479 e. The fourth-order valence-corrected chi connectivity index (χ4v) is 2.57. The molecule has 3 nitrogen and oxygen atoms in total. The van der Waals surface area contributed by atoms with E-state index < -0.39 is 11.6 Å². The van der Waals surface area contributed by atoms with Gasteiger partial charge in [0.1, 0.15) is 0 Å². The zero-order valence-electron chi connectivity index (χ0n) is 10.7. The second-order valence-electron chi connectivity index (χ2n) is 5.02. The summed E-state index contributed by atoms with van der Waals surface area (Å²) in [4.78, 5) is 11.3. The summed E-state index contributed by atoms with van der Waals surface area (Å²) >= 11 is 0. The van der Waals surface area contributed by atoms with Crippen molar-refractivity contribution in [3.63, 3.8) is 0 Å². The summed E-state index contributed by atoms with van der Waals surface area (Å²) in [7, 11) is 0. The molecule has 1 aliphatic rings. The van der Waals surface area contributed by atoms with Gasteiger partial charge in [0.2, 0.25) is 0 Å². The Labute approximate surface area is 98.2 Å². The maximum Gasteiger partial charge on any atom is 0.335 e. The summed E-state index contributed by atoms with van der Waals surface area (Å²) in [6.07, 6.45) is 5.66. The van der Waals surface area contributed by atoms with Crippen LogP contribution in [0.5, 0.6) is 0 Å². The van der Waals surface area contributed by atoms with Crippen LogP contribution in [0, 0.1) is 5.92 Å². The Morgan fingerprint density at radius 2 is 2.00 bits per heavy atom. The van der Waals surface area contributed by atoms with Crippen molar-refractivity contribution in [3.05, 3.63) is 0 Å². The largest absolute Gasteiger partial charge is 0.479 e. The quantitative estimate of drug-likeness (QED) is 0.785. The molecule has 1 fully saturated rings. The molecule has 16 heavy (non-hydrogen) atoms. The van der Waals surface area contributed by atoms with Crippen molar-refractivity contribution in [2.45, 2.75) is 71.0 Å². The molecule has 1 saturated carbocycles. The molecule has 0 aromatic rings. The summed E-state index contributed by atoms with van der Waals surface area (Å²) in [5.74, 6) is -0.144. The second-order valence-corrected chi connectivity index (χ2v) is 5.02. The smallest absolute Gasteiger partial charge is 0.335 e. The Kier molecular flexibility index (Phi) is 4.78. The zero-order valence-corrected chi connectivity index (χ0v) is 10.7. The Morgan fingerprint density at radius 3 is 2.44 bits per heavy atom. The molecule has 0 bridgehead atoms. The van der Waals surface area contributed by atoms with Crippen molar-refractivity contribution >= 4 is 5.97 Å². The van der Waals surface area contributed by atoms with Crippen molar-refractivity contribution in [3.8, 4) is 0 Å². The van der Waals surface area contributed by atoms with Crippen LogP contribution in [0.15, 0.2) is 0 Å². The molecule has 2 atom stereocenters. The van der Waals surface area contributed by atoms with E-state index in [1.807, 2.05) is 13.8 Å². The van der Waals surface area contributed by atoms with Gasteiger partial charge >= 0.3 is 5.97 Å². The van der Waals surface area contributed by atoms with E-state index in [0.29, 0.717) is 18.8 Å². The topological polar surface area (TPSA) is 46.5 Å². The summed E-state index contributed by atoms with van der Waals surface area (Å²) in [5.41, 5.74) is -0.957. The normalized spacial score (nSPS) is 26.7. The van der Waals surface area contributed by atoms with Gasteiger partial charge in [-0.15, -0.1) is 0 Å². The minimum absolute atomic E-state index is 0.139. The van der Waals surface area contributed by atoms with E-state index in [2.05, 4.69) is 6.92 Å². The highest BCUT2D eigenvalue weighted by Crippen LogP contribution is 2.31. The third-order valence-electron chi connectivity index (χ3n) is 3.81. The molecule has 0 spiro atoms. The Balaban J connectivity index is 2.64. The van der Waals surface area contributed by atoms with Crippen LogP contribution in [0.2, 0.25) is 0 Å². The maximum atomic E-state index is 11.3. The van der Waals surface area contributed by atoms with Crippen molar-refractivity contribution in [2.24, 2.45) is 5.92 Å². The number of hydrogen-bond acceptors (Lipinski definition) is 2. The molecule has 3 heteroatoms. The Hall–Kier alpha value is -0.570. The fraction of sp³-hybridized carbons (Fsp3) is 0.923. The first-order valence-electron chi connectivity index (χ1n) is 6.45. The molecular formula is C13H24O3. The molecule has 0 aromatic carbocycles. The van der Waals surface area contributed by atoms with Crippen LogP contribution in [-0.2, 0) is 9.53 Å². The number of carboxylic acid groups (broad SMARTS) is 1. The van der Waals surface area contributed by atoms with Gasteiger partial charge in [-0.2, -0.15) is 0 Å². The molecule has 0 heterocycles. The lowest BCUT2D eigenvalue weighted by Gasteiger charge is -2.35. The Morgan fingerprint density at radius 1 is 1.38 bits per heavy atom. The molecule has 0 saturated heterocycles.